The van der Waals surface area contributed by atoms with Crippen molar-refractivity contribution >= 4 is 46.9 Å². The summed E-state index contributed by atoms with van der Waals surface area (Å²) >= 11 is 12.0. The molecule has 124 valence electrons. The van der Waals surface area contributed by atoms with Crippen molar-refractivity contribution in [1.82, 2.24) is 0 Å². The lowest BCUT2D eigenvalue weighted by atomic mass is 10.1. The molecule has 1 aliphatic heterocycles. The number of carbonyl (C=O) groups is 2. The predicted molar refractivity (Wildman–Crippen MR) is 96.7 cm³/mol. The Morgan fingerprint density at radius 3 is 2.50 bits per heavy atom. The molecule has 3 rings (SSSR count). The van der Waals surface area contributed by atoms with Crippen LogP contribution in [0, 0.1) is 5.92 Å². The topological polar surface area (TPSA) is 40.6 Å². The maximum Gasteiger partial charge on any atom is 0.231 e. The van der Waals surface area contributed by atoms with Gasteiger partial charge in [0.15, 0.2) is 0 Å². The molecule has 0 aliphatic carbocycles. The lowest BCUT2D eigenvalue weighted by molar-refractivity contribution is -0.121. The average molecular weight is 363 g/mol. The first-order chi connectivity index (χ1) is 11.5. The van der Waals surface area contributed by atoms with Gasteiger partial charge in [0.25, 0.3) is 0 Å². The van der Waals surface area contributed by atoms with Gasteiger partial charge < -0.3 is 9.80 Å². The van der Waals surface area contributed by atoms with Crippen molar-refractivity contribution < 1.29 is 9.59 Å². The van der Waals surface area contributed by atoms with Crippen molar-refractivity contribution in [2.75, 3.05) is 16.3 Å². The fourth-order valence-corrected chi connectivity index (χ4v) is 3.20. The molecule has 0 fully saturated rings. The molecule has 2 aromatic carbocycles. The first-order valence-corrected chi connectivity index (χ1v) is 8.33. The average Bonchev–Trinajstić information content (AvgIpc) is 2.68. The zero-order valence-electron chi connectivity index (χ0n) is 13.1. The van der Waals surface area contributed by atoms with Gasteiger partial charge in [-0.1, -0.05) is 48.3 Å². The van der Waals surface area contributed by atoms with E-state index in [0.717, 1.165) is 17.7 Å². The number of hydrogen-bond acceptors (Lipinski definition) is 2. The summed E-state index contributed by atoms with van der Waals surface area (Å²) in [5, 5.41) is 0.927. The molecule has 24 heavy (non-hydrogen) atoms. The minimum atomic E-state index is -0.301. The van der Waals surface area contributed by atoms with E-state index in [9.17, 15) is 9.59 Å². The second-order valence-electron chi connectivity index (χ2n) is 5.82. The largest absolute Gasteiger partial charge is 0.312 e. The first-order valence-electron chi connectivity index (χ1n) is 7.57. The standard InChI is InChI=1S/C18H16Cl2N2O2/c1-12-9-21(11-23)16-4-2-3-5-17(16)22(18(12)24)10-13-6-7-14(19)15(20)8-13/h2-8,11-12H,9-10H2,1H3. The molecule has 0 aromatic heterocycles. The lowest BCUT2D eigenvalue weighted by Crippen LogP contribution is -2.36. The molecule has 4 nitrogen and oxygen atoms in total. The van der Waals surface area contributed by atoms with Crippen LogP contribution < -0.4 is 9.80 Å². The van der Waals surface area contributed by atoms with Crippen LogP contribution in [0.3, 0.4) is 0 Å². The number of carbonyl (C=O) groups excluding carboxylic acids is 2. The van der Waals surface area contributed by atoms with Gasteiger partial charge in [-0.3, -0.25) is 9.59 Å². The smallest absolute Gasteiger partial charge is 0.231 e. The van der Waals surface area contributed by atoms with Gasteiger partial charge in [-0.05, 0) is 29.8 Å². The molecule has 0 N–H and O–H groups in total. The van der Waals surface area contributed by atoms with Gasteiger partial charge in [0, 0.05) is 6.54 Å². The third-order valence-electron chi connectivity index (χ3n) is 4.09. The monoisotopic (exact) mass is 362 g/mol. The molecule has 2 aromatic rings. The fourth-order valence-electron chi connectivity index (χ4n) is 2.87. The van der Waals surface area contributed by atoms with E-state index in [2.05, 4.69) is 0 Å². The van der Waals surface area contributed by atoms with Crippen molar-refractivity contribution in [2.45, 2.75) is 13.5 Å². The van der Waals surface area contributed by atoms with Crippen LogP contribution in [0.2, 0.25) is 10.0 Å². The zero-order chi connectivity index (χ0) is 17.3. The van der Waals surface area contributed by atoms with Crippen molar-refractivity contribution in [3.8, 4) is 0 Å². The summed E-state index contributed by atoms with van der Waals surface area (Å²) in [6.07, 6.45) is 0.769. The number of nitrogens with zero attached hydrogens (tertiary/aromatic N) is 2. The second kappa shape index (κ2) is 6.83. The number of halogens is 2. The van der Waals surface area contributed by atoms with Crippen LogP contribution in [0.4, 0.5) is 11.4 Å². The summed E-state index contributed by atoms with van der Waals surface area (Å²) in [5.74, 6) is -0.330. The summed E-state index contributed by atoms with van der Waals surface area (Å²) in [4.78, 5) is 27.6. The number of fused-ring (bicyclic) bond motifs is 1. The Morgan fingerprint density at radius 1 is 1.12 bits per heavy atom. The van der Waals surface area contributed by atoms with Crippen molar-refractivity contribution in [3.05, 3.63) is 58.1 Å². The number of amides is 2. The molecule has 2 amide bonds. The van der Waals surface area contributed by atoms with Crippen LogP contribution in [-0.2, 0) is 16.1 Å². The number of anilines is 2. The van der Waals surface area contributed by atoms with Gasteiger partial charge in [0.1, 0.15) is 0 Å². The minimum absolute atomic E-state index is 0.0297. The molecule has 6 heteroatoms. The Labute approximate surface area is 150 Å². The highest BCUT2D eigenvalue weighted by atomic mass is 35.5. The van der Waals surface area contributed by atoms with Crippen molar-refractivity contribution in [3.63, 3.8) is 0 Å². The van der Waals surface area contributed by atoms with E-state index < -0.39 is 0 Å². The highest BCUT2D eigenvalue weighted by molar-refractivity contribution is 6.42. The predicted octanol–water partition coefficient (Wildman–Crippen LogP) is 4.14. The molecule has 0 saturated heterocycles. The molecule has 0 spiro atoms. The third kappa shape index (κ3) is 3.12. The van der Waals surface area contributed by atoms with Crippen LogP contribution in [0.1, 0.15) is 12.5 Å². The highest BCUT2D eigenvalue weighted by Gasteiger charge is 2.31. The van der Waals surface area contributed by atoms with Crippen LogP contribution >= 0.6 is 23.2 Å². The Hall–Kier alpha value is -2.04. The van der Waals surface area contributed by atoms with Crippen LogP contribution in [0.15, 0.2) is 42.5 Å². The van der Waals surface area contributed by atoms with Gasteiger partial charge >= 0.3 is 0 Å². The van der Waals surface area contributed by atoms with E-state index >= 15 is 0 Å². The summed E-state index contributed by atoms with van der Waals surface area (Å²) in [5.41, 5.74) is 2.31. The van der Waals surface area contributed by atoms with Crippen LogP contribution in [-0.4, -0.2) is 18.9 Å². The molecule has 1 heterocycles. The number of rotatable bonds is 3. The molecule has 1 aliphatic rings. The molecule has 1 atom stereocenters. The molecular weight excluding hydrogens is 347 g/mol. The summed E-state index contributed by atoms with van der Waals surface area (Å²) in [6.45, 7) is 2.55. The van der Waals surface area contributed by atoms with E-state index in [0.29, 0.717) is 28.8 Å². The van der Waals surface area contributed by atoms with E-state index in [1.807, 2.05) is 37.3 Å². The quantitative estimate of drug-likeness (QED) is 0.769. The van der Waals surface area contributed by atoms with Gasteiger partial charge in [0.05, 0.1) is 33.9 Å². The van der Waals surface area contributed by atoms with E-state index in [4.69, 9.17) is 23.2 Å². The van der Waals surface area contributed by atoms with Gasteiger partial charge in [0.2, 0.25) is 12.3 Å². The van der Waals surface area contributed by atoms with Gasteiger partial charge in [-0.2, -0.15) is 0 Å². The van der Waals surface area contributed by atoms with E-state index in [1.165, 1.54) is 0 Å². The minimum Gasteiger partial charge on any atom is -0.312 e. The summed E-state index contributed by atoms with van der Waals surface area (Å²) < 4.78 is 0. The molecule has 0 bridgehead atoms. The van der Waals surface area contributed by atoms with E-state index in [-0.39, 0.29) is 11.8 Å². The van der Waals surface area contributed by atoms with Gasteiger partial charge in [-0.25, -0.2) is 0 Å². The zero-order valence-corrected chi connectivity index (χ0v) is 14.6. The maximum absolute atomic E-state index is 12.9. The highest BCUT2D eigenvalue weighted by Crippen LogP contribution is 2.34. The lowest BCUT2D eigenvalue weighted by Gasteiger charge is -2.24. The fraction of sp³-hybridized carbons (Fsp3) is 0.222. The normalized spacial score (nSPS) is 17.5. The van der Waals surface area contributed by atoms with Crippen molar-refractivity contribution in [2.24, 2.45) is 5.92 Å². The summed E-state index contributed by atoms with van der Waals surface area (Å²) in [6, 6.07) is 12.7. The number of hydrogen-bond donors (Lipinski definition) is 0. The number of benzene rings is 2. The van der Waals surface area contributed by atoms with Crippen LogP contribution in [0.25, 0.3) is 0 Å². The van der Waals surface area contributed by atoms with Crippen molar-refractivity contribution in [1.29, 1.82) is 0 Å². The third-order valence-corrected chi connectivity index (χ3v) is 4.83. The SMILES string of the molecule is CC1CN(C=O)c2ccccc2N(Cc2ccc(Cl)c(Cl)c2)C1=O. The second-order valence-corrected chi connectivity index (χ2v) is 6.63. The maximum atomic E-state index is 12.9. The Kier molecular flexibility index (Phi) is 4.78. The molecule has 0 radical (unpaired) electrons. The molecule has 0 saturated carbocycles. The Bertz CT molecular complexity index is 794. The van der Waals surface area contributed by atoms with E-state index in [1.54, 1.807) is 21.9 Å². The Balaban J connectivity index is 2.04. The summed E-state index contributed by atoms with van der Waals surface area (Å²) in [7, 11) is 0. The van der Waals surface area contributed by atoms with Gasteiger partial charge in [-0.15, -0.1) is 0 Å². The number of para-hydroxylation sites is 2. The Morgan fingerprint density at radius 2 is 1.83 bits per heavy atom. The molecule has 1 unspecified atom stereocenters. The first kappa shape index (κ1) is 16.8. The van der Waals surface area contributed by atoms with Crippen LogP contribution in [0.5, 0.6) is 0 Å². The molecular formula is C18H16Cl2N2O2.